The first-order valence-electron chi connectivity index (χ1n) is 9.28. The summed E-state index contributed by atoms with van der Waals surface area (Å²) < 4.78 is 47.0. The van der Waals surface area contributed by atoms with E-state index in [1.807, 2.05) is 0 Å². The molecule has 0 bridgehead atoms. The van der Waals surface area contributed by atoms with E-state index < -0.39 is 29.7 Å². The van der Waals surface area contributed by atoms with Gasteiger partial charge in [-0.1, -0.05) is 32.4 Å². The number of aliphatic carboxylic acids is 1. The van der Waals surface area contributed by atoms with Crippen LogP contribution in [0.15, 0.2) is 17.7 Å². The summed E-state index contributed by atoms with van der Waals surface area (Å²) in [5, 5.41) is 9.75. The molecule has 2 heterocycles. The third-order valence-corrected chi connectivity index (χ3v) is 5.80. The number of ether oxygens (including phenoxy) is 1. The molecule has 0 aromatic heterocycles. The van der Waals surface area contributed by atoms with Gasteiger partial charge in [-0.15, -0.1) is 0 Å². The van der Waals surface area contributed by atoms with Crippen LogP contribution >= 0.6 is 11.6 Å². The van der Waals surface area contributed by atoms with Crippen molar-refractivity contribution in [2.75, 3.05) is 18.0 Å². The number of carboxylic acid groups (broad SMARTS) is 1. The number of alkyl halides is 3. The quantitative estimate of drug-likeness (QED) is 0.716. The van der Waals surface area contributed by atoms with E-state index in [9.17, 15) is 23.1 Å². The molecular formula is C20H23ClF3NO3. The maximum atomic E-state index is 13.9. The fourth-order valence-electron chi connectivity index (χ4n) is 4.28. The second-order valence-electron chi connectivity index (χ2n) is 7.84. The van der Waals surface area contributed by atoms with Crippen molar-refractivity contribution in [2.45, 2.75) is 45.4 Å². The van der Waals surface area contributed by atoms with Crippen LogP contribution in [-0.2, 0) is 4.79 Å². The number of fused-ring (bicyclic) bond motifs is 1. The SMILES string of the molecule is CCC1(C(F)(F)F)Oc2cc(N3CC(C)CC(C)C3)c(Cl)cc2C=C1C(=O)O. The van der Waals surface area contributed by atoms with E-state index in [0.29, 0.717) is 22.5 Å². The minimum absolute atomic E-state index is 0.00513. The Labute approximate surface area is 166 Å². The third kappa shape index (κ3) is 3.45. The lowest BCUT2D eigenvalue weighted by atomic mass is 9.85. The van der Waals surface area contributed by atoms with Gasteiger partial charge in [0.1, 0.15) is 5.75 Å². The van der Waals surface area contributed by atoms with Crippen molar-refractivity contribution >= 4 is 29.3 Å². The van der Waals surface area contributed by atoms with E-state index in [-0.39, 0.29) is 11.3 Å². The van der Waals surface area contributed by atoms with E-state index in [1.54, 1.807) is 0 Å². The zero-order valence-corrected chi connectivity index (χ0v) is 16.7. The van der Waals surface area contributed by atoms with E-state index in [0.717, 1.165) is 25.6 Å². The van der Waals surface area contributed by atoms with Crippen LogP contribution in [0.25, 0.3) is 6.08 Å². The summed E-state index contributed by atoms with van der Waals surface area (Å²) in [4.78, 5) is 13.6. The lowest BCUT2D eigenvalue weighted by Gasteiger charge is -2.40. The Balaban J connectivity index is 2.11. The van der Waals surface area contributed by atoms with E-state index in [2.05, 4.69) is 18.7 Å². The number of hydrogen-bond acceptors (Lipinski definition) is 3. The van der Waals surface area contributed by atoms with E-state index >= 15 is 0 Å². The van der Waals surface area contributed by atoms with Gasteiger partial charge in [0.05, 0.1) is 16.3 Å². The van der Waals surface area contributed by atoms with Gasteiger partial charge in [0.2, 0.25) is 5.60 Å². The highest BCUT2D eigenvalue weighted by atomic mass is 35.5. The molecule has 8 heteroatoms. The molecule has 3 rings (SSSR count). The fraction of sp³-hybridized carbons (Fsp3) is 0.550. The topological polar surface area (TPSA) is 49.8 Å². The van der Waals surface area contributed by atoms with Crippen molar-refractivity contribution < 1.29 is 27.8 Å². The van der Waals surface area contributed by atoms with Crippen LogP contribution in [0.1, 0.15) is 39.2 Å². The van der Waals surface area contributed by atoms with Crippen LogP contribution in [0, 0.1) is 11.8 Å². The Morgan fingerprint density at radius 3 is 2.43 bits per heavy atom. The molecule has 0 spiro atoms. The number of anilines is 1. The summed E-state index contributed by atoms with van der Waals surface area (Å²) >= 11 is 6.42. The number of carbonyl (C=O) groups is 1. The van der Waals surface area contributed by atoms with Crippen LogP contribution in [0.2, 0.25) is 5.02 Å². The van der Waals surface area contributed by atoms with Gasteiger partial charge in [0.15, 0.2) is 0 Å². The van der Waals surface area contributed by atoms with E-state index in [1.165, 1.54) is 19.1 Å². The molecule has 2 aliphatic heterocycles. The minimum Gasteiger partial charge on any atom is -0.478 e. The molecule has 1 aromatic carbocycles. The molecule has 2 aliphatic rings. The summed E-state index contributed by atoms with van der Waals surface area (Å²) in [6.07, 6.45) is -3.33. The molecule has 4 nitrogen and oxygen atoms in total. The molecule has 0 aliphatic carbocycles. The van der Waals surface area contributed by atoms with E-state index in [4.69, 9.17) is 16.3 Å². The molecule has 154 valence electrons. The molecular weight excluding hydrogens is 395 g/mol. The smallest absolute Gasteiger partial charge is 0.432 e. The standard InChI is InChI=1S/C20H23ClF3NO3/c1-4-19(20(22,23)24)14(18(26)27)6-13-7-15(21)16(8-17(13)28-19)25-9-11(2)5-12(3)10-25/h6-8,11-12H,4-5,9-10H2,1-3H3,(H,26,27). The molecule has 3 atom stereocenters. The summed E-state index contributed by atoms with van der Waals surface area (Å²) in [6, 6.07) is 2.99. The molecule has 0 radical (unpaired) electrons. The monoisotopic (exact) mass is 417 g/mol. The van der Waals surface area contributed by atoms with Crippen LogP contribution < -0.4 is 9.64 Å². The Morgan fingerprint density at radius 1 is 1.32 bits per heavy atom. The molecule has 0 saturated carbocycles. The molecule has 1 fully saturated rings. The fourth-order valence-corrected chi connectivity index (χ4v) is 4.58. The summed E-state index contributed by atoms with van der Waals surface area (Å²) in [5.74, 6) is -0.807. The summed E-state index contributed by atoms with van der Waals surface area (Å²) in [7, 11) is 0. The van der Waals surface area contributed by atoms with Gasteiger partial charge in [-0.05, 0) is 36.8 Å². The molecule has 0 amide bonds. The lowest BCUT2D eigenvalue weighted by Crippen LogP contribution is -2.54. The maximum absolute atomic E-state index is 13.9. The second-order valence-corrected chi connectivity index (χ2v) is 8.24. The van der Waals surface area contributed by atoms with Gasteiger partial charge < -0.3 is 14.7 Å². The lowest BCUT2D eigenvalue weighted by molar-refractivity contribution is -0.236. The van der Waals surface area contributed by atoms with Crippen molar-refractivity contribution in [3.63, 3.8) is 0 Å². The van der Waals surface area contributed by atoms with Crippen molar-refractivity contribution in [3.05, 3.63) is 28.3 Å². The van der Waals surface area contributed by atoms with Crippen LogP contribution in [0.4, 0.5) is 18.9 Å². The molecule has 1 N–H and O–H groups in total. The van der Waals surface area contributed by atoms with Gasteiger partial charge >= 0.3 is 12.1 Å². The summed E-state index contributed by atoms with van der Waals surface area (Å²) in [6.45, 7) is 7.01. The molecule has 1 saturated heterocycles. The Morgan fingerprint density at radius 2 is 1.93 bits per heavy atom. The molecule has 3 unspecified atom stereocenters. The number of piperidine rings is 1. The Kier molecular flexibility index (Phi) is 5.34. The van der Waals surface area contributed by atoms with Gasteiger partial charge in [-0.3, -0.25) is 0 Å². The first-order valence-corrected chi connectivity index (χ1v) is 9.66. The van der Waals surface area contributed by atoms with Gasteiger partial charge in [0, 0.05) is 24.7 Å². The predicted molar refractivity (Wildman–Crippen MR) is 102 cm³/mol. The van der Waals surface area contributed by atoms with Gasteiger partial charge in [-0.2, -0.15) is 13.2 Å². The largest absolute Gasteiger partial charge is 0.478 e. The maximum Gasteiger partial charge on any atom is 0.432 e. The molecule has 28 heavy (non-hydrogen) atoms. The number of rotatable bonds is 3. The summed E-state index contributed by atoms with van der Waals surface area (Å²) in [5.41, 5.74) is -2.88. The highest BCUT2D eigenvalue weighted by Crippen LogP contribution is 2.49. The first-order chi connectivity index (χ1) is 13.0. The zero-order chi connectivity index (χ0) is 20.9. The predicted octanol–water partition coefficient (Wildman–Crippen LogP) is 5.39. The number of carboxylic acids is 1. The highest BCUT2D eigenvalue weighted by Gasteiger charge is 2.62. The number of hydrogen-bond donors (Lipinski definition) is 1. The van der Waals surface area contributed by atoms with Crippen LogP contribution in [0.5, 0.6) is 5.75 Å². The second kappa shape index (κ2) is 7.17. The van der Waals surface area contributed by atoms with Crippen molar-refractivity contribution in [1.29, 1.82) is 0 Å². The van der Waals surface area contributed by atoms with Crippen molar-refractivity contribution in [3.8, 4) is 5.75 Å². The van der Waals surface area contributed by atoms with Crippen molar-refractivity contribution in [1.82, 2.24) is 0 Å². The Hall–Kier alpha value is -1.89. The normalized spacial score (nSPS) is 27.7. The highest BCUT2D eigenvalue weighted by molar-refractivity contribution is 6.33. The average Bonchev–Trinajstić information content (AvgIpc) is 2.58. The van der Waals surface area contributed by atoms with Crippen molar-refractivity contribution in [2.24, 2.45) is 11.8 Å². The number of nitrogens with zero attached hydrogens (tertiary/aromatic N) is 1. The van der Waals surface area contributed by atoms with Gasteiger partial charge in [-0.25, -0.2) is 4.79 Å². The number of benzene rings is 1. The zero-order valence-electron chi connectivity index (χ0n) is 15.9. The van der Waals surface area contributed by atoms with Crippen LogP contribution in [-0.4, -0.2) is 35.9 Å². The molecule has 1 aromatic rings. The number of halogens is 4. The minimum atomic E-state index is -4.88. The van der Waals surface area contributed by atoms with Gasteiger partial charge in [0.25, 0.3) is 0 Å². The Bertz CT molecular complexity index is 814. The third-order valence-electron chi connectivity index (χ3n) is 5.49. The van der Waals surface area contributed by atoms with Crippen LogP contribution in [0.3, 0.4) is 0 Å². The average molecular weight is 418 g/mol. The first kappa shape index (κ1) is 20.8.